The van der Waals surface area contributed by atoms with Crippen molar-refractivity contribution in [2.24, 2.45) is 0 Å². The molecule has 28 heavy (non-hydrogen) atoms. The van der Waals surface area contributed by atoms with Crippen molar-refractivity contribution in [2.75, 3.05) is 5.75 Å². The highest BCUT2D eigenvalue weighted by Crippen LogP contribution is 2.30. The third kappa shape index (κ3) is 4.14. The first-order valence-electron chi connectivity index (χ1n) is 9.39. The fraction of sp³-hybridized carbons (Fsp3) is 0.381. The van der Waals surface area contributed by atoms with Gasteiger partial charge in [0.1, 0.15) is 5.76 Å². The van der Waals surface area contributed by atoms with Crippen molar-refractivity contribution in [1.29, 1.82) is 0 Å². The molecule has 2 aromatic heterocycles. The van der Waals surface area contributed by atoms with Gasteiger partial charge in [0.15, 0.2) is 11.0 Å². The summed E-state index contributed by atoms with van der Waals surface area (Å²) in [5, 5.41) is 9.45. The van der Waals surface area contributed by atoms with E-state index in [1.54, 1.807) is 6.26 Å². The third-order valence-electron chi connectivity index (χ3n) is 4.47. The number of rotatable bonds is 7. The molecule has 148 valence electrons. The zero-order valence-corrected chi connectivity index (χ0v) is 17.7. The SMILES string of the molecule is Cc1occc1-c1nnc(SCC(=O)N(C(C)C)C(C)C)n1-c1ccccc1. The van der Waals surface area contributed by atoms with Crippen LogP contribution in [0.4, 0.5) is 0 Å². The molecule has 0 unspecified atom stereocenters. The molecule has 3 aromatic rings. The first kappa shape index (κ1) is 20.2. The average Bonchev–Trinajstić information content (AvgIpc) is 3.25. The van der Waals surface area contributed by atoms with Crippen molar-refractivity contribution in [3.05, 3.63) is 48.4 Å². The highest BCUT2D eigenvalue weighted by Gasteiger charge is 2.23. The van der Waals surface area contributed by atoms with E-state index in [-0.39, 0.29) is 18.0 Å². The molecule has 0 radical (unpaired) electrons. The summed E-state index contributed by atoms with van der Waals surface area (Å²) in [6.07, 6.45) is 1.65. The van der Waals surface area contributed by atoms with Gasteiger partial charge in [-0.05, 0) is 52.8 Å². The van der Waals surface area contributed by atoms with Crippen LogP contribution in [0.5, 0.6) is 0 Å². The Bertz CT molecular complexity index is 923. The Kier molecular flexibility index (Phi) is 6.24. The summed E-state index contributed by atoms with van der Waals surface area (Å²) in [6, 6.07) is 12.1. The van der Waals surface area contributed by atoms with Gasteiger partial charge in [-0.3, -0.25) is 9.36 Å². The summed E-state index contributed by atoms with van der Waals surface area (Å²) in [4.78, 5) is 14.7. The second kappa shape index (κ2) is 8.65. The van der Waals surface area contributed by atoms with Gasteiger partial charge < -0.3 is 9.32 Å². The van der Waals surface area contributed by atoms with Gasteiger partial charge in [0.25, 0.3) is 0 Å². The molecule has 0 aliphatic heterocycles. The second-order valence-corrected chi connectivity index (χ2v) is 8.09. The molecule has 0 saturated heterocycles. The normalized spacial score (nSPS) is 11.4. The predicted octanol–water partition coefficient (Wildman–Crippen LogP) is 4.57. The molecule has 6 nitrogen and oxygen atoms in total. The predicted molar refractivity (Wildman–Crippen MR) is 112 cm³/mol. The highest BCUT2D eigenvalue weighted by molar-refractivity contribution is 7.99. The third-order valence-corrected chi connectivity index (χ3v) is 5.39. The zero-order valence-electron chi connectivity index (χ0n) is 16.9. The molecule has 0 fully saturated rings. The minimum Gasteiger partial charge on any atom is -0.469 e. The van der Waals surface area contributed by atoms with E-state index < -0.39 is 0 Å². The van der Waals surface area contributed by atoms with E-state index in [1.165, 1.54) is 11.8 Å². The van der Waals surface area contributed by atoms with E-state index in [0.717, 1.165) is 17.0 Å². The monoisotopic (exact) mass is 398 g/mol. The van der Waals surface area contributed by atoms with E-state index in [9.17, 15) is 4.79 Å². The number of hydrogen-bond donors (Lipinski definition) is 0. The lowest BCUT2D eigenvalue weighted by Gasteiger charge is -2.30. The number of furan rings is 1. The Morgan fingerprint density at radius 2 is 1.79 bits per heavy atom. The minimum atomic E-state index is 0.0960. The number of aromatic nitrogens is 3. The molecule has 1 aromatic carbocycles. The Labute approximate surface area is 169 Å². The number of carbonyl (C=O) groups is 1. The summed E-state index contributed by atoms with van der Waals surface area (Å²) >= 11 is 1.40. The second-order valence-electron chi connectivity index (χ2n) is 7.14. The van der Waals surface area contributed by atoms with Gasteiger partial charge in [0.05, 0.1) is 17.6 Å². The van der Waals surface area contributed by atoms with E-state index in [4.69, 9.17) is 4.42 Å². The van der Waals surface area contributed by atoms with Gasteiger partial charge in [-0.1, -0.05) is 30.0 Å². The van der Waals surface area contributed by atoms with Crippen LogP contribution in [0.2, 0.25) is 0 Å². The van der Waals surface area contributed by atoms with Gasteiger partial charge in [-0.25, -0.2) is 0 Å². The molecule has 0 saturated carbocycles. The van der Waals surface area contributed by atoms with Gasteiger partial charge in [-0.15, -0.1) is 10.2 Å². The minimum absolute atomic E-state index is 0.0960. The largest absolute Gasteiger partial charge is 0.469 e. The maximum absolute atomic E-state index is 12.8. The van der Waals surface area contributed by atoms with Crippen molar-refractivity contribution < 1.29 is 9.21 Å². The lowest BCUT2D eigenvalue weighted by Crippen LogP contribution is -2.43. The van der Waals surface area contributed by atoms with Gasteiger partial charge >= 0.3 is 0 Å². The van der Waals surface area contributed by atoms with Crippen LogP contribution in [0.1, 0.15) is 33.5 Å². The fourth-order valence-electron chi connectivity index (χ4n) is 3.34. The number of hydrogen-bond acceptors (Lipinski definition) is 5. The summed E-state index contributed by atoms with van der Waals surface area (Å²) in [6.45, 7) is 10.0. The zero-order chi connectivity index (χ0) is 20.3. The van der Waals surface area contributed by atoms with Crippen LogP contribution in [0.25, 0.3) is 17.1 Å². The lowest BCUT2D eigenvalue weighted by atomic mass is 10.2. The number of benzene rings is 1. The molecule has 0 spiro atoms. The molecule has 0 N–H and O–H groups in total. The molecule has 0 aliphatic carbocycles. The first-order chi connectivity index (χ1) is 13.4. The number of carbonyl (C=O) groups excluding carboxylic acids is 1. The van der Waals surface area contributed by atoms with E-state index in [0.29, 0.717) is 16.7 Å². The highest BCUT2D eigenvalue weighted by atomic mass is 32.2. The maximum Gasteiger partial charge on any atom is 0.233 e. The van der Waals surface area contributed by atoms with E-state index >= 15 is 0 Å². The van der Waals surface area contributed by atoms with E-state index in [2.05, 4.69) is 10.2 Å². The van der Waals surface area contributed by atoms with Crippen molar-refractivity contribution >= 4 is 17.7 Å². The Morgan fingerprint density at radius 1 is 1.11 bits per heavy atom. The van der Waals surface area contributed by atoms with Crippen molar-refractivity contribution in [1.82, 2.24) is 19.7 Å². The molecule has 0 aliphatic rings. The molecule has 7 heteroatoms. The van der Waals surface area contributed by atoms with Crippen molar-refractivity contribution in [3.8, 4) is 17.1 Å². The smallest absolute Gasteiger partial charge is 0.233 e. The summed E-state index contributed by atoms with van der Waals surface area (Å²) in [7, 11) is 0. The van der Waals surface area contributed by atoms with Crippen LogP contribution < -0.4 is 0 Å². The summed E-state index contributed by atoms with van der Waals surface area (Å²) in [5.41, 5.74) is 1.84. The van der Waals surface area contributed by atoms with Gasteiger partial charge in [0.2, 0.25) is 5.91 Å². The summed E-state index contributed by atoms with van der Waals surface area (Å²) in [5.74, 6) is 1.89. The quantitative estimate of drug-likeness (QED) is 0.545. The average molecular weight is 399 g/mol. The van der Waals surface area contributed by atoms with E-state index in [1.807, 2.05) is 80.5 Å². The first-order valence-corrected chi connectivity index (χ1v) is 10.4. The molecule has 2 heterocycles. The molecular weight excluding hydrogens is 372 g/mol. The topological polar surface area (TPSA) is 64.2 Å². The van der Waals surface area contributed by atoms with Crippen molar-refractivity contribution in [3.63, 3.8) is 0 Å². The van der Waals surface area contributed by atoms with Gasteiger partial charge in [-0.2, -0.15) is 0 Å². The molecule has 0 bridgehead atoms. The number of amides is 1. The maximum atomic E-state index is 12.8. The van der Waals surface area contributed by atoms with Crippen LogP contribution in [-0.4, -0.2) is 43.4 Å². The summed E-state index contributed by atoms with van der Waals surface area (Å²) < 4.78 is 7.43. The van der Waals surface area contributed by atoms with Crippen LogP contribution in [-0.2, 0) is 4.79 Å². The molecular formula is C21H26N4O2S. The fourth-order valence-corrected chi connectivity index (χ4v) is 4.16. The Hall–Kier alpha value is -2.54. The lowest BCUT2D eigenvalue weighted by molar-refractivity contribution is -0.131. The van der Waals surface area contributed by atoms with Crippen LogP contribution in [0.3, 0.4) is 0 Å². The standard InChI is InChI=1S/C21H26N4O2S/c1-14(2)24(15(3)4)19(26)13-28-21-23-22-20(18-11-12-27-16(18)5)25(21)17-9-7-6-8-10-17/h6-12,14-15H,13H2,1-5H3. The molecule has 3 rings (SSSR count). The van der Waals surface area contributed by atoms with Gasteiger partial charge in [0, 0.05) is 17.8 Å². The van der Waals surface area contributed by atoms with Crippen LogP contribution in [0, 0.1) is 6.92 Å². The Balaban J connectivity index is 1.93. The molecule has 1 amide bonds. The number of para-hydroxylation sites is 1. The number of nitrogens with zero attached hydrogens (tertiary/aromatic N) is 4. The van der Waals surface area contributed by atoms with Crippen molar-refractivity contribution in [2.45, 2.75) is 51.9 Å². The number of aryl methyl sites for hydroxylation is 1. The van der Waals surface area contributed by atoms with Crippen LogP contribution in [0.15, 0.2) is 52.2 Å². The number of thioether (sulfide) groups is 1. The molecule has 0 atom stereocenters. The van der Waals surface area contributed by atoms with Crippen LogP contribution >= 0.6 is 11.8 Å². The Morgan fingerprint density at radius 3 is 2.36 bits per heavy atom.